The quantitative estimate of drug-likeness (QED) is 0.227. The summed E-state index contributed by atoms with van der Waals surface area (Å²) in [5.74, 6) is 2.15. The van der Waals surface area contributed by atoms with E-state index >= 15 is 0 Å². The van der Waals surface area contributed by atoms with Crippen LogP contribution in [0, 0.1) is 11.5 Å². The van der Waals surface area contributed by atoms with Gasteiger partial charge >= 0.3 is 0 Å². The maximum absolute atomic E-state index is 14.5. The fourth-order valence-corrected chi connectivity index (χ4v) is 10.9. The molecule has 0 aliphatic carbocycles. The lowest BCUT2D eigenvalue weighted by atomic mass is 10.1. The van der Waals surface area contributed by atoms with Crippen molar-refractivity contribution in [3.63, 3.8) is 0 Å². The average Bonchev–Trinajstić information content (AvgIpc) is 3.68. The summed E-state index contributed by atoms with van der Waals surface area (Å²) in [5, 5.41) is 6.07. The molecule has 2 aromatic carbocycles. The minimum absolute atomic E-state index is 0.0825. The highest BCUT2D eigenvalue weighted by atomic mass is 32.2. The molecule has 2 unspecified atom stereocenters. The van der Waals surface area contributed by atoms with Crippen molar-refractivity contribution in [1.82, 2.24) is 28.8 Å². The zero-order chi connectivity index (χ0) is 35.3. The van der Waals surface area contributed by atoms with Gasteiger partial charge in [0.1, 0.15) is 14.1 Å². The number of sulfonamides is 1. The van der Waals surface area contributed by atoms with Gasteiger partial charge in [0, 0.05) is 61.5 Å². The van der Waals surface area contributed by atoms with Crippen LogP contribution in [-0.2, 0) is 37.8 Å². The first-order chi connectivity index (χ1) is 23.1. The predicted octanol–water partition coefficient (Wildman–Crippen LogP) is 2.86. The zero-order valence-electron chi connectivity index (χ0n) is 27.8. The molecule has 0 bridgehead atoms. The Kier molecular flexibility index (Phi) is 9.37. The third-order valence-electron chi connectivity index (χ3n) is 8.42. The number of fused-ring (bicyclic) bond motifs is 2. The van der Waals surface area contributed by atoms with Gasteiger partial charge in [-0.3, -0.25) is 9.59 Å². The van der Waals surface area contributed by atoms with Gasteiger partial charge in [-0.25, -0.2) is 25.8 Å². The topological polar surface area (TPSA) is 151 Å². The molecular formula is C33H38N6O6S3Si. The highest BCUT2D eigenvalue weighted by Gasteiger charge is 2.43. The van der Waals surface area contributed by atoms with Gasteiger partial charge in [0.25, 0.3) is 26.0 Å². The zero-order valence-corrected chi connectivity index (χ0v) is 31.3. The van der Waals surface area contributed by atoms with Gasteiger partial charge in [-0.05, 0) is 43.3 Å². The van der Waals surface area contributed by atoms with Crippen LogP contribution in [0.2, 0.25) is 19.6 Å². The lowest BCUT2D eigenvalue weighted by molar-refractivity contribution is -0.126. The van der Waals surface area contributed by atoms with Crippen LogP contribution in [0.5, 0.6) is 0 Å². The van der Waals surface area contributed by atoms with Gasteiger partial charge in [0.15, 0.2) is 10.0 Å². The van der Waals surface area contributed by atoms with E-state index in [0.29, 0.717) is 23.9 Å². The highest BCUT2D eigenvalue weighted by molar-refractivity contribution is 7.92. The first-order valence-electron chi connectivity index (χ1n) is 15.8. The Bertz CT molecular complexity index is 2230. The molecular weight excluding hydrogens is 701 g/mol. The summed E-state index contributed by atoms with van der Waals surface area (Å²) >= 11 is 1.27. The van der Waals surface area contributed by atoms with Crippen molar-refractivity contribution >= 4 is 62.2 Å². The number of piperazine rings is 1. The normalized spacial score (nSPS) is 18.8. The number of likely N-dealkylation sites (N-methyl/N-ethyl adjacent to an activating group) is 1. The molecule has 0 saturated carbocycles. The van der Waals surface area contributed by atoms with Crippen molar-refractivity contribution < 1.29 is 26.4 Å². The molecule has 4 heterocycles. The molecule has 2 aliphatic rings. The van der Waals surface area contributed by atoms with Crippen molar-refractivity contribution in [2.75, 3.05) is 26.7 Å². The van der Waals surface area contributed by atoms with E-state index in [9.17, 15) is 26.4 Å². The molecule has 2 atom stereocenters. The third-order valence-corrected chi connectivity index (χ3v) is 14.1. The van der Waals surface area contributed by atoms with Gasteiger partial charge in [0.2, 0.25) is 5.91 Å². The number of hydrogen-bond acceptors (Lipinski definition) is 9. The van der Waals surface area contributed by atoms with Crippen LogP contribution in [0.15, 0.2) is 64.5 Å². The minimum Gasteiger partial charge on any atom is -0.357 e. The molecule has 16 heteroatoms. The molecule has 2 aromatic heterocycles. The van der Waals surface area contributed by atoms with E-state index in [-0.39, 0.29) is 41.1 Å². The highest BCUT2D eigenvalue weighted by Crippen LogP contribution is 2.33. The van der Waals surface area contributed by atoms with Gasteiger partial charge in [-0.2, -0.15) is 4.31 Å². The number of carbonyl (C=O) groups is 2. The fourth-order valence-electron chi connectivity index (χ4n) is 5.89. The first kappa shape index (κ1) is 35.0. The average molecular weight is 739 g/mol. The van der Waals surface area contributed by atoms with Crippen molar-refractivity contribution in [2.45, 2.75) is 61.5 Å². The molecule has 2 amide bonds. The van der Waals surface area contributed by atoms with Crippen LogP contribution in [0.4, 0.5) is 0 Å². The molecule has 2 aliphatic heterocycles. The predicted molar refractivity (Wildman–Crippen MR) is 191 cm³/mol. The SMILES string of the molecule is CNC(=O)C1CN(S(=O)(=O)c2cc3cc(C#C[Si](C)(C)C)ccc3n2S(=O)(=O)c2ccccc2)CCN1C(=O)c1nc2c(s1)CNC(C)C2. The van der Waals surface area contributed by atoms with Crippen molar-refractivity contribution in [1.29, 1.82) is 0 Å². The standard InChI is InChI=1S/C33H38N6O6S3Si/c1-22-17-26-29(20-35-22)46-32(36-26)33(41)38-15-14-37(21-28(38)31(40)34-2)48(44,45)30-19-24-18-23(13-16-49(3,4)5)11-12-27(24)39(30)47(42,43)25-9-7-6-8-10-25/h6-12,18-19,22,28,35H,14-15,17,20-21H2,1-5H3,(H,34,40). The molecule has 258 valence electrons. The molecule has 4 aromatic rings. The fraction of sp³-hybridized carbons (Fsp3) is 0.364. The van der Waals surface area contributed by atoms with Crippen LogP contribution in [0.25, 0.3) is 10.9 Å². The summed E-state index contributed by atoms with van der Waals surface area (Å²) in [4.78, 5) is 33.8. The van der Waals surface area contributed by atoms with Crippen molar-refractivity contribution in [3.8, 4) is 11.5 Å². The monoisotopic (exact) mass is 738 g/mol. The summed E-state index contributed by atoms with van der Waals surface area (Å²) < 4.78 is 59.3. The number of thiazole rings is 1. The van der Waals surface area contributed by atoms with Gasteiger partial charge < -0.3 is 15.5 Å². The van der Waals surface area contributed by atoms with Crippen LogP contribution in [-0.4, -0.2) is 93.7 Å². The van der Waals surface area contributed by atoms with Gasteiger partial charge in [-0.1, -0.05) is 43.8 Å². The van der Waals surface area contributed by atoms with E-state index in [1.165, 1.54) is 41.5 Å². The van der Waals surface area contributed by atoms with Crippen LogP contribution < -0.4 is 10.6 Å². The second kappa shape index (κ2) is 13.1. The molecule has 6 rings (SSSR count). The van der Waals surface area contributed by atoms with E-state index in [1.54, 1.807) is 36.4 Å². The molecule has 1 fully saturated rings. The van der Waals surface area contributed by atoms with E-state index in [4.69, 9.17) is 0 Å². The summed E-state index contributed by atoms with van der Waals surface area (Å²) in [6.07, 6.45) is 0.677. The Morgan fingerprint density at radius 1 is 1.02 bits per heavy atom. The number of rotatable bonds is 6. The molecule has 0 radical (unpaired) electrons. The maximum atomic E-state index is 14.5. The Morgan fingerprint density at radius 3 is 2.45 bits per heavy atom. The lowest BCUT2D eigenvalue weighted by Crippen LogP contribution is -2.61. The minimum atomic E-state index is -4.54. The second-order valence-electron chi connectivity index (χ2n) is 13.2. The van der Waals surface area contributed by atoms with Crippen molar-refractivity contribution in [2.24, 2.45) is 0 Å². The van der Waals surface area contributed by atoms with Gasteiger partial charge in [0.05, 0.1) is 16.1 Å². The number of benzene rings is 2. The molecule has 49 heavy (non-hydrogen) atoms. The number of amides is 2. The number of carbonyl (C=O) groups excluding carboxylic acids is 2. The van der Waals surface area contributed by atoms with Crippen LogP contribution >= 0.6 is 11.3 Å². The summed E-state index contributed by atoms with van der Waals surface area (Å²) in [6, 6.07) is 12.9. The molecule has 0 spiro atoms. The Morgan fingerprint density at radius 2 is 1.76 bits per heavy atom. The van der Waals surface area contributed by atoms with E-state index in [0.717, 1.165) is 18.8 Å². The maximum Gasteiger partial charge on any atom is 0.283 e. The number of aromatic nitrogens is 2. The van der Waals surface area contributed by atoms with Crippen LogP contribution in [0.1, 0.15) is 32.9 Å². The van der Waals surface area contributed by atoms with Crippen molar-refractivity contribution in [3.05, 3.63) is 75.7 Å². The lowest BCUT2D eigenvalue weighted by Gasteiger charge is -2.39. The molecule has 1 saturated heterocycles. The first-order valence-corrected chi connectivity index (χ1v) is 23.0. The Hall–Kier alpha value is -3.85. The summed E-state index contributed by atoms with van der Waals surface area (Å²) in [7, 11) is -9.25. The van der Waals surface area contributed by atoms with E-state index in [2.05, 4.69) is 46.7 Å². The summed E-state index contributed by atoms with van der Waals surface area (Å²) in [5.41, 5.74) is 4.94. The summed E-state index contributed by atoms with van der Waals surface area (Å²) in [6.45, 7) is 8.31. The number of hydrogen-bond donors (Lipinski definition) is 2. The second-order valence-corrected chi connectivity index (χ2v) is 22.7. The Labute approximate surface area is 291 Å². The number of nitrogens with one attached hydrogen (secondary N) is 2. The van der Waals surface area contributed by atoms with Crippen LogP contribution in [0.3, 0.4) is 0 Å². The smallest absolute Gasteiger partial charge is 0.283 e. The molecule has 12 nitrogen and oxygen atoms in total. The van der Waals surface area contributed by atoms with E-state index < -0.39 is 51.0 Å². The number of nitrogens with zero attached hydrogens (tertiary/aromatic N) is 4. The molecule has 2 N–H and O–H groups in total. The Balaban J connectivity index is 1.40. The van der Waals surface area contributed by atoms with Gasteiger partial charge in [-0.15, -0.1) is 16.9 Å². The third kappa shape index (κ3) is 6.83. The van der Waals surface area contributed by atoms with E-state index in [1.807, 2.05) is 6.92 Å². The largest absolute Gasteiger partial charge is 0.357 e.